The monoisotopic (exact) mass is 271 g/mol. The van der Waals surface area contributed by atoms with Crippen LogP contribution >= 0.6 is 0 Å². The second-order valence-corrected chi connectivity index (χ2v) is 5.86. The topological polar surface area (TPSA) is 29.9 Å². The van der Waals surface area contributed by atoms with Gasteiger partial charge in [0, 0.05) is 13.1 Å². The molecule has 2 rings (SSSR count). The summed E-state index contributed by atoms with van der Waals surface area (Å²) < 4.78 is 1.92. The highest BCUT2D eigenvalue weighted by atomic mass is 15.3. The van der Waals surface area contributed by atoms with Gasteiger partial charge in [-0.25, -0.2) is 0 Å². The van der Waals surface area contributed by atoms with Crippen LogP contribution in [0.15, 0.2) is 24.3 Å². The maximum Gasteiger partial charge on any atom is 0.0828 e. The van der Waals surface area contributed by atoms with E-state index in [0.29, 0.717) is 5.92 Å². The van der Waals surface area contributed by atoms with Crippen LogP contribution in [0.2, 0.25) is 0 Å². The van der Waals surface area contributed by atoms with Crippen molar-refractivity contribution in [2.45, 2.75) is 46.6 Å². The Hall–Kier alpha value is -1.77. The van der Waals surface area contributed by atoms with Crippen molar-refractivity contribution < 1.29 is 0 Å². The molecule has 0 aliphatic carbocycles. The molecule has 0 spiro atoms. The number of anilines is 1. The molecule has 3 nitrogen and oxygen atoms in total. The first-order valence-corrected chi connectivity index (χ1v) is 7.26. The molecule has 1 heterocycles. The Kier molecular flexibility index (Phi) is 4.17. The van der Waals surface area contributed by atoms with E-state index in [9.17, 15) is 0 Å². The van der Waals surface area contributed by atoms with Crippen LogP contribution in [0.25, 0.3) is 0 Å². The van der Waals surface area contributed by atoms with Gasteiger partial charge in [-0.1, -0.05) is 38.1 Å². The zero-order valence-corrected chi connectivity index (χ0v) is 13.4. The third-order valence-electron chi connectivity index (χ3n) is 3.97. The molecule has 3 heteroatoms. The maximum absolute atomic E-state index is 4.45. The first kappa shape index (κ1) is 14.6. The van der Waals surface area contributed by atoms with Crippen LogP contribution in [0.5, 0.6) is 0 Å². The van der Waals surface area contributed by atoms with E-state index < -0.39 is 0 Å². The highest BCUT2D eigenvalue weighted by molar-refractivity contribution is 5.53. The number of hydrogen-bond donors (Lipinski definition) is 1. The number of benzene rings is 1. The van der Waals surface area contributed by atoms with E-state index in [1.165, 1.54) is 16.8 Å². The summed E-state index contributed by atoms with van der Waals surface area (Å²) in [5.74, 6) is 0.579. The lowest BCUT2D eigenvalue weighted by Gasteiger charge is -2.17. The van der Waals surface area contributed by atoms with Crippen molar-refractivity contribution in [2.24, 2.45) is 7.05 Å². The summed E-state index contributed by atoms with van der Waals surface area (Å²) in [5.41, 5.74) is 6.06. The van der Waals surface area contributed by atoms with Gasteiger partial charge in [0.1, 0.15) is 0 Å². The lowest BCUT2D eigenvalue weighted by molar-refractivity contribution is 0.731. The molecule has 0 aliphatic rings. The van der Waals surface area contributed by atoms with Gasteiger partial charge in [-0.15, -0.1) is 0 Å². The molecule has 1 N–H and O–H groups in total. The van der Waals surface area contributed by atoms with Gasteiger partial charge in [0.05, 0.1) is 17.1 Å². The number of nitrogens with one attached hydrogen (secondary N) is 1. The van der Waals surface area contributed by atoms with Crippen LogP contribution in [0.3, 0.4) is 0 Å². The van der Waals surface area contributed by atoms with E-state index >= 15 is 0 Å². The lowest BCUT2D eigenvalue weighted by atomic mass is 9.99. The smallest absolute Gasteiger partial charge is 0.0828 e. The third kappa shape index (κ3) is 2.87. The van der Waals surface area contributed by atoms with Gasteiger partial charge in [0.25, 0.3) is 0 Å². The molecular formula is C17H25N3. The van der Waals surface area contributed by atoms with Crippen molar-refractivity contribution in [1.82, 2.24) is 9.78 Å². The Morgan fingerprint density at radius 2 is 1.55 bits per heavy atom. The molecule has 0 bridgehead atoms. The van der Waals surface area contributed by atoms with Crippen LogP contribution < -0.4 is 5.32 Å². The highest BCUT2D eigenvalue weighted by Gasteiger charge is 2.13. The van der Waals surface area contributed by atoms with Crippen molar-refractivity contribution in [2.75, 3.05) is 5.32 Å². The van der Waals surface area contributed by atoms with E-state index in [0.717, 1.165) is 11.4 Å². The standard InChI is InChI=1S/C17H25N3/c1-11(2)15-7-9-16(10-8-15)12(3)18-17-13(4)19-20(6)14(17)5/h7-12,18H,1-6H3. The molecule has 1 unspecified atom stereocenters. The SMILES string of the molecule is Cc1nn(C)c(C)c1NC(C)c1ccc(C(C)C)cc1. The van der Waals surface area contributed by atoms with Gasteiger partial charge in [0.15, 0.2) is 0 Å². The molecule has 1 aromatic carbocycles. The summed E-state index contributed by atoms with van der Waals surface area (Å²) in [6.45, 7) is 10.8. The fraction of sp³-hybridized carbons (Fsp3) is 0.471. The van der Waals surface area contributed by atoms with Gasteiger partial charge in [-0.2, -0.15) is 5.10 Å². The summed E-state index contributed by atoms with van der Waals surface area (Å²) in [6, 6.07) is 9.16. The maximum atomic E-state index is 4.45. The normalized spacial score (nSPS) is 12.8. The van der Waals surface area contributed by atoms with Crippen molar-refractivity contribution in [3.63, 3.8) is 0 Å². The van der Waals surface area contributed by atoms with E-state index in [4.69, 9.17) is 0 Å². The first-order chi connectivity index (χ1) is 9.40. The number of rotatable bonds is 4. The molecule has 0 saturated heterocycles. The lowest BCUT2D eigenvalue weighted by Crippen LogP contribution is -2.08. The minimum absolute atomic E-state index is 0.276. The predicted octanol–water partition coefficient (Wildman–Crippen LogP) is 4.33. The Labute approximate surface area is 122 Å². The number of hydrogen-bond acceptors (Lipinski definition) is 2. The number of aryl methyl sites for hydroxylation is 2. The minimum Gasteiger partial charge on any atom is -0.376 e. The second-order valence-electron chi connectivity index (χ2n) is 5.86. The largest absolute Gasteiger partial charge is 0.376 e. The average molecular weight is 271 g/mol. The summed E-state index contributed by atoms with van der Waals surface area (Å²) >= 11 is 0. The van der Waals surface area contributed by atoms with E-state index in [1.54, 1.807) is 0 Å². The molecule has 0 aliphatic heterocycles. The van der Waals surface area contributed by atoms with Gasteiger partial charge in [0.2, 0.25) is 0 Å². The first-order valence-electron chi connectivity index (χ1n) is 7.26. The van der Waals surface area contributed by atoms with Gasteiger partial charge in [-0.05, 0) is 37.8 Å². The van der Waals surface area contributed by atoms with Crippen molar-refractivity contribution >= 4 is 5.69 Å². The number of nitrogens with zero attached hydrogens (tertiary/aromatic N) is 2. The molecule has 0 saturated carbocycles. The van der Waals surface area contributed by atoms with E-state index in [2.05, 4.69) is 62.4 Å². The van der Waals surface area contributed by atoms with E-state index in [-0.39, 0.29) is 6.04 Å². The van der Waals surface area contributed by atoms with Crippen LogP contribution in [0.4, 0.5) is 5.69 Å². The Morgan fingerprint density at radius 3 is 2.00 bits per heavy atom. The van der Waals surface area contributed by atoms with Crippen molar-refractivity contribution in [1.29, 1.82) is 0 Å². The summed E-state index contributed by atoms with van der Waals surface area (Å²) in [5, 5.41) is 8.03. The summed E-state index contributed by atoms with van der Waals surface area (Å²) in [6.07, 6.45) is 0. The zero-order chi connectivity index (χ0) is 14.9. The Balaban J connectivity index is 2.17. The molecule has 20 heavy (non-hydrogen) atoms. The quantitative estimate of drug-likeness (QED) is 0.896. The molecule has 1 atom stereocenters. The minimum atomic E-state index is 0.276. The fourth-order valence-corrected chi connectivity index (χ4v) is 2.45. The summed E-state index contributed by atoms with van der Waals surface area (Å²) in [4.78, 5) is 0. The van der Waals surface area contributed by atoms with E-state index in [1.807, 2.05) is 18.7 Å². The molecule has 0 amide bonds. The molecular weight excluding hydrogens is 246 g/mol. The van der Waals surface area contributed by atoms with Crippen molar-refractivity contribution in [3.8, 4) is 0 Å². The molecule has 0 fully saturated rings. The molecule has 108 valence electrons. The highest BCUT2D eigenvalue weighted by Crippen LogP contribution is 2.25. The second kappa shape index (κ2) is 5.70. The van der Waals surface area contributed by atoms with Crippen LogP contribution in [-0.2, 0) is 7.05 Å². The molecule has 1 aromatic heterocycles. The number of aromatic nitrogens is 2. The molecule has 2 aromatic rings. The summed E-state index contributed by atoms with van der Waals surface area (Å²) in [7, 11) is 1.98. The fourth-order valence-electron chi connectivity index (χ4n) is 2.45. The third-order valence-corrected chi connectivity index (χ3v) is 3.97. The molecule has 0 radical (unpaired) electrons. The van der Waals surface area contributed by atoms with Crippen LogP contribution in [0.1, 0.15) is 55.2 Å². The van der Waals surface area contributed by atoms with Crippen molar-refractivity contribution in [3.05, 3.63) is 46.8 Å². The average Bonchev–Trinajstić information content (AvgIpc) is 2.65. The Morgan fingerprint density at radius 1 is 1.00 bits per heavy atom. The predicted molar refractivity (Wildman–Crippen MR) is 85.3 cm³/mol. The van der Waals surface area contributed by atoms with Crippen LogP contribution in [0, 0.1) is 13.8 Å². The van der Waals surface area contributed by atoms with Gasteiger partial charge in [-0.3, -0.25) is 4.68 Å². The van der Waals surface area contributed by atoms with Gasteiger partial charge >= 0.3 is 0 Å². The van der Waals surface area contributed by atoms with Gasteiger partial charge < -0.3 is 5.32 Å². The Bertz CT molecular complexity index is 579. The van der Waals surface area contributed by atoms with Crippen LogP contribution in [-0.4, -0.2) is 9.78 Å². The zero-order valence-electron chi connectivity index (χ0n) is 13.4.